The Labute approximate surface area is 97.5 Å². The fraction of sp³-hybridized carbons (Fsp3) is 0.538. The molecule has 0 amide bonds. The van der Waals surface area contributed by atoms with Gasteiger partial charge < -0.3 is 10.2 Å². The van der Waals surface area contributed by atoms with Crippen LogP contribution in [-0.4, -0.2) is 31.6 Å². The average Bonchev–Trinajstić information content (AvgIpc) is 2.28. The number of rotatable bonds is 6. The third-order valence-corrected chi connectivity index (χ3v) is 2.84. The largest absolute Gasteiger partial charge is 0.311 e. The zero-order valence-corrected chi connectivity index (χ0v) is 10.4. The third-order valence-electron chi connectivity index (χ3n) is 2.84. The second kappa shape index (κ2) is 6.61. The summed E-state index contributed by atoms with van der Waals surface area (Å²) in [5, 5.41) is 3.33. The number of hydrogen-bond donors (Lipinski definition) is 1. The molecule has 0 aliphatic carbocycles. The van der Waals surface area contributed by atoms with Gasteiger partial charge in [0.2, 0.25) is 0 Å². The van der Waals surface area contributed by atoms with Crippen LogP contribution in [0.2, 0.25) is 0 Å². The van der Waals surface area contributed by atoms with Gasteiger partial charge in [-0.05, 0) is 43.8 Å². The van der Waals surface area contributed by atoms with Crippen LogP contribution in [0.4, 0.5) is 4.39 Å². The average molecular weight is 224 g/mol. The number of benzene rings is 1. The van der Waals surface area contributed by atoms with Crippen molar-refractivity contribution >= 4 is 0 Å². The standard InChI is InChI=1S/C13H21FN2/c1-4-16(3)8-7-15-10-12-9-13(14)6-5-11(12)2/h5-6,9,15H,4,7-8,10H2,1-3H3. The van der Waals surface area contributed by atoms with E-state index in [1.165, 1.54) is 6.07 Å². The summed E-state index contributed by atoms with van der Waals surface area (Å²) in [5.74, 6) is -0.159. The lowest BCUT2D eigenvalue weighted by atomic mass is 10.1. The van der Waals surface area contributed by atoms with Crippen LogP contribution >= 0.6 is 0 Å². The van der Waals surface area contributed by atoms with E-state index in [1.807, 2.05) is 13.0 Å². The van der Waals surface area contributed by atoms with Crippen LogP contribution < -0.4 is 5.32 Å². The molecule has 1 rings (SSSR count). The molecule has 1 aromatic rings. The highest BCUT2D eigenvalue weighted by Gasteiger charge is 2.00. The number of aryl methyl sites for hydroxylation is 1. The summed E-state index contributed by atoms with van der Waals surface area (Å²) in [5.41, 5.74) is 2.18. The van der Waals surface area contributed by atoms with Crippen molar-refractivity contribution in [2.45, 2.75) is 20.4 Å². The lowest BCUT2D eigenvalue weighted by Gasteiger charge is -2.14. The molecule has 0 spiro atoms. The fourth-order valence-electron chi connectivity index (χ4n) is 1.48. The van der Waals surface area contributed by atoms with Gasteiger partial charge in [0.1, 0.15) is 5.82 Å². The minimum atomic E-state index is -0.159. The first kappa shape index (κ1) is 13.1. The lowest BCUT2D eigenvalue weighted by molar-refractivity contribution is 0.349. The Bertz CT molecular complexity index is 326. The van der Waals surface area contributed by atoms with E-state index in [9.17, 15) is 4.39 Å². The maximum absolute atomic E-state index is 13.0. The number of likely N-dealkylation sites (N-methyl/N-ethyl adjacent to an activating group) is 1. The minimum absolute atomic E-state index is 0.159. The molecule has 2 nitrogen and oxygen atoms in total. The van der Waals surface area contributed by atoms with Crippen molar-refractivity contribution in [2.75, 3.05) is 26.7 Å². The molecule has 0 aromatic heterocycles. The second-order valence-electron chi connectivity index (χ2n) is 4.14. The summed E-state index contributed by atoms with van der Waals surface area (Å²) < 4.78 is 13.0. The van der Waals surface area contributed by atoms with Crippen molar-refractivity contribution in [3.05, 3.63) is 35.1 Å². The van der Waals surface area contributed by atoms with Gasteiger partial charge in [-0.3, -0.25) is 0 Å². The number of hydrogen-bond acceptors (Lipinski definition) is 2. The molecule has 1 aromatic carbocycles. The molecule has 16 heavy (non-hydrogen) atoms. The van der Waals surface area contributed by atoms with Gasteiger partial charge in [0.05, 0.1) is 0 Å². The summed E-state index contributed by atoms with van der Waals surface area (Å²) in [6.07, 6.45) is 0. The summed E-state index contributed by atoms with van der Waals surface area (Å²) in [6, 6.07) is 4.93. The first-order valence-electron chi connectivity index (χ1n) is 5.77. The van der Waals surface area contributed by atoms with Gasteiger partial charge in [0.15, 0.2) is 0 Å². The highest BCUT2D eigenvalue weighted by molar-refractivity contribution is 5.26. The Morgan fingerprint density at radius 1 is 1.38 bits per heavy atom. The Hall–Kier alpha value is -0.930. The second-order valence-corrected chi connectivity index (χ2v) is 4.14. The third kappa shape index (κ3) is 4.29. The molecule has 0 radical (unpaired) electrons. The molecule has 1 N–H and O–H groups in total. The topological polar surface area (TPSA) is 15.3 Å². The van der Waals surface area contributed by atoms with E-state index in [1.54, 1.807) is 6.07 Å². The molecule has 0 aliphatic heterocycles. The summed E-state index contributed by atoms with van der Waals surface area (Å²) in [7, 11) is 2.09. The summed E-state index contributed by atoms with van der Waals surface area (Å²) >= 11 is 0. The Morgan fingerprint density at radius 2 is 2.12 bits per heavy atom. The zero-order chi connectivity index (χ0) is 12.0. The van der Waals surface area contributed by atoms with Crippen LogP contribution in [0.25, 0.3) is 0 Å². The van der Waals surface area contributed by atoms with Gasteiger partial charge in [-0.1, -0.05) is 13.0 Å². The predicted molar refractivity (Wildman–Crippen MR) is 66.0 cm³/mol. The Balaban J connectivity index is 2.34. The summed E-state index contributed by atoms with van der Waals surface area (Å²) in [4.78, 5) is 2.24. The lowest BCUT2D eigenvalue weighted by Crippen LogP contribution is -2.28. The van der Waals surface area contributed by atoms with Crippen LogP contribution in [0.5, 0.6) is 0 Å². The maximum atomic E-state index is 13.0. The minimum Gasteiger partial charge on any atom is -0.311 e. The van der Waals surface area contributed by atoms with Gasteiger partial charge in [-0.25, -0.2) is 4.39 Å². The van der Waals surface area contributed by atoms with Gasteiger partial charge in [-0.2, -0.15) is 0 Å². The molecular weight excluding hydrogens is 203 g/mol. The first-order chi connectivity index (χ1) is 7.63. The smallest absolute Gasteiger partial charge is 0.123 e. The normalized spacial score (nSPS) is 11.1. The van der Waals surface area contributed by atoms with Gasteiger partial charge >= 0.3 is 0 Å². The molecule has 3 heteroatoms. The molecule has 0 unspecified atom stereocenters. The van der Waals surface area contributed by atoms with Crippen molar-refractivity contribution in [1.82, 2.24) is 10.2 Å². The van der Waals surface area contributed by atoms with Crippen molar-refractivity contribution in [3.63, 3.8) is 0 Å². The number of halogens is 1. The molecule has 0 aliphatic rings. The van der Waals surface area contributed by atoms with E-state index >= 15 is 0 Å². The molecule has 0 saturated carbocycles. The fourth-order valence-corrected chi connectivity index (χ4v) is 1.48. The van der Waals surface area contributed by atoms with E-state index in [-0.39, 0.29) is 5.82 Å². The highest BCUT2D eigenvalue weighted by atomic mass is 19.1. The van der Waals surface area contributed by atoms with Crippen molar-refractivity contribution in [2.24, 2.45) is 0 Å². The van der Waals surface area contributed by atoms with Crippen LogP contribution in [0.1, 0.15) is 18.1 Å². The van der Waals surface area contributed by atoms with Gasteiger partial charge in [0.25, 0.3) is 0 Å². The van der Waals surface area contributed by atoms with Crippen molar-refractivity contribution in [1.29, 1.82) is 0 Å². The Kier molecular flexibility index (Phi) is 5.43. The van der Waals surface area contributed by atoms with E-state index in [0.717, 1.165) is 37.3 Å². The Morgan fingerprint density at radius 3 is 2.81 bits per heavy atom. The van der Waals surface area contributed by atoms with E-state index in [2.05, 4.69) is 24.2 Å². The maximum Gasteiger partial charge on any atom is 0.123 e. The SMILES string of the molecule is CCN(C)CCNCc1cc(F)ccc1C. The predicted octanol–water partition coefficient (Wildman–Crippen LogP) is 2.18. The van der Waals surface area contributed by atoms with Crippen LogP contribution in [0.15, 0.2) is 18.2 Å². The summed E-state index contributed by atoms with van der Waals surface area (Å²) in [6.45, 7) is 7.89. The first-order valence-corrected chi connectivity index (χ1v) is 5.77. The van der Waals surface area contributed by atoms with Crippen LogP contribution in [0, 0.1) is 12.7 Å². The van der Waals surface area contributed by atoms with Crippen LogP contribution in [-0.2, 0) is 6.54 Å². The van der Waals surface area contributed by atoms with E-state index in [4.69, 9.17) is 0 Å². The van der Waals surface area contributed by atoms with E-state index in [0.29, 0.717) is 0 Å². The zero-order valence-electron chi connectivity index (χ0n) is 10.4. The van der Waals surface area contributed by atoms with Crippen molar-refractivity contribution in [3.8, 4) is 0 Å². The van der Waals surface area contributed by atoms with Gasteiger partial charge in [0, 0.05) is 19.6 Å². The quantitative estimate of drug-likeness (QED) is 0.745. The molecule has 90 valence electrons. The number of nitrogens with one attached hydrogen (secondary N) is 1. The molecule has 0 fully saturated rings. The molecular formula is C13H21FN2. The monoisotopic (exact) mass is 224 g/mol. The molecule has 0 atom stereocenters. The van der Waals surface area contributed by atoms with E-state index < -0.39 is 0 Å². The molecule has 0 heterocycles. The molecule has 0 saturated heterocycles. The van der Waals surface area contributed by atoms with Crippen LogP contribution in [0.3, 0.4) is 0 Å². The van der Waals surface area contributed by atoms with Gasteiger partial charge in [-0.15, -0.1) is 0 Å². The number of nitrogens with zero attached hydrogens (tertiary/aromatic N) is 1. The highest BCUT2D eigenvalue weighted by Crippen LogP contribution is 2.09. The molecule has 0 bridgehead atoms. The van der Waals surface area contributed by atoms with Crippen molar-refractivity contribution < 1.29 is 4.39 Å².